The van der Waals surface area contributed by atoms with Crippen LogP contribution in [0, 0.1) is 0 Å². The minimum Gasteiger partial charge on any atom is -0.324 e. The number of anilines is 3. The molecule has 0 saturated carbocycles. The van der Waals surface area contributed by atoms with Gasteiger partial charge >= 0.3 is 0 Å². The lowest BCUT2D eigenvalue weighted by molar-refractivity contribution is -0.114. The van der Waals surface area contributed by atoms with E-state index in [1.54, 1.807) is 54.6 Å². The second-order valence-electron chi connectivity index (χ2n) is 10.4. The average Bonchev–Trinajstić information content (AvgIpc) is 2.91. The maximum Gasteiger partial charge on any atom is 0.264 e. The van der Waals surface area contributed by atoms with Crippen molar-refractivity contribution in [3.8, 4) is 0 Å². The zero-order valence-corrected chi connectivity index (χ0v) is 25.0. The van der Waals surface area contributed by atoms with Crippen molar-refractivity contribution in [1.29, 1.82) is 0 Å². The van der Waals surface area contributed by atoms with Crippen molar-refractivity contribution in [1.82, 2.24) is 0 Å². The van der Waals surface area contributed by atoms with Crippen LogP contribution in [0.5, 0.6) is 0 Å². The molecule has 2 amide bonds. The summed E-state index contributed by atoms with van der Waals surface area (Å²) in [6, 6.07) is 25.9. The number of carbonyl (C=O) groups excluding carboxylic acids is 2. The zero-order valence-electron chi connectivity index (χ0n) is 22.7. The van der Waals surface area contributed by atoms with Crippen molar-refractivity contribution < 1.29 is 18.0 Å². The van der Waals surface area contributed by atoms with Gasteiger partial charge in [0.15, 0.2) is 0 Å². The number of nitrogens with one attached hydrogen (secondary N) is 2. The van der Waals surface area contributed by atoms with Gasteiger partial charge in [0.05, 0.1) is 10.6 Å². The summed E-state index contributed by atoms with van der Waals surface area (Å²) in [7, 11) is -4.14. The van der Waals surface area contributed by atoms with Crippen LogP contribution < -0.4 is 14.9 Å². The van der Waals surface area contributed by atoms with E-state index < -0.39 is 22.5 Å². The van der Waals surface area contributed by atoms with Crippen molar-refractivity contribution in [2.24, 2.45) is 0 Å². The van der Waals surface area contributed by atoms with Gasteiger partial charge in [-0.3, -0.25) is 13.9 Å². The molecular weight excluding hydrogens is 581 g/mol. The lowest BCUT2D eigenvalue weighted by Crippen LogP contribution is -2.38. The molecule has 0 fully saturated rings. The van der Waals surface area contributed by atoms with Gasteiger partial charge in [0.25, 0.3) is 15.9 Å². The summed E-state index contributed by atoms with van der Waals surface area (Å²) >= 11 is 12.1. The van der Waals surface area contributed by atoms with Gasteiger partial charge in [0.2, 0.25) is 5.91 Å². The Bertz CT molecular complexity index is 1670. The van der Waals surface area contributed by atoms with Crippen molar-refractivity contribution in [3.63, 3.8) is 0 Å². The molecule has 2 N–H and O–H groups in total. The standard InChI is InChI=1S/C31H29Cl2N3O4S/c1-31(2,3)22-12-10-21(11-13-22)30(38)35-26-8-5-7-25(19-26)34-29(37)20-36(27-9-4-6-24(33)18-27)41(39,40)28-16-14-23(32)15-17-28/h4-19H,20H2,1-3H3,(H,34,37)(H,35,38). The monoisotopic (exact) mass is 609 g/mol. The Morgan fingerprint density at radius 1 is 0.756 bits per heavy atom. The molecule has 0 unspecified atom stereocenters. The second-order valence-corrected chi connectivity index (χ2v) is 13.1. The van der Waals surface area contributed by atoms with Crippen LogP contribution in [0.15, 0.2) is 102 Å². The maximum absolute atomic E-state index is 13.5. The number of nitrogens with zero attached hydrogens (tertiary/aromatic N) is 1. The molecule has 4 aromatic rings. The molecule has 0 aliphatic rings. The molecule has 0 heterocycles. The molecule has 10 heteroatoms. The first-order valence-electron chi connectivity index (χ1n) is 12.7. The van der Waals surface area contributed by atoms with E-state index >= 15 is 0 Å². The Morgan fingerprint density at radius 3 is 1.98 bits per heavy atom. The van der Waals surface area contributed by atoms with Crippen molar-refractivity contribution in [2.45, 2.75) is 31.1 Å². The Balaban J connectivity index is 1.51. The average molecular weight is 611 g/mol. The lowest BCUT2D eigenvalue weighted by Gasteiger charge is -2.24. The van der Waals surface area contributed by atoms with E-state index in [1.165, 1.54) is 30.3 Å². The van der Waals surface area contributed by atoms with Gasteiger partial charge in [0.1, 0.15) is 6.54 Å². The number of carbonyl (C=O) groups is 2. The van der Waals surface area contributed by atoms with Crippen molar-refractivity contribution in [3.05, 3.63) is 118 Å². The first kappa shape index (κ1) is 30.1. The molecule has 0 aromatic heterocycles. The van der Waals surface area contributed by atoms with Gasteiger partial charge in [-0.2, -0.15) is 0 Å². The molecule has 4 aromatic carbocycles. The van der Waals surface area contributed by atoms with Gasteiger partial charge in [-0.15, -0.1) is 0 Å². The number of hydrogen-bond acceptors (Lipinski definition) is 4. The summed E-state index contributed by atoms with van der Waals surface area (Å²) in [4.78, 5) is 25.9. The van der Waals surface area contributed by atoms with E-state index in [1.807, 2.05) is 12.1 Å². The first-order valence-corrected chi connectivity index (χ1v) is 14.9. The quantitative estimate of drug-likeness (QED) is 0.218. The topological polar surface area (TPSA) is 95.6 Å². The van der Waals surface area contributed by atoms with Gasteiger partial charge in [-0.05, 0) is 83.8 Å². The van der Waals surface area contributed by atoms with Crippen LogP contribution in [-0.2, 0) is 20.2 Å². The fraction of sp³-hybridized carbons (Fsp3) is 0.161. The van der Waals surface area contributed by atoms with E-state index in [4.69, 9.17) is 23.2 Å². The number of rotatable bonds is 8. The van der Waals surface area contributed by atoms with Crippen LogP contribution in [-0.4, -0.2) is 26.8 Å². The van der Waals surface area contributed by atoms with Gasteiger partial charge in [-0.1, -0.05) is 68.2 Å². The fourth-order valence-corrected chi connectivity index (χ4v) is 5.73. The van der Waals surface area contributed by atoms with Gasteiger partial charge in [-0.25, -0.2) is 8.42 Å². The minimum atomic E-state index is -4.14. The highest BCUT2D eigenvalue weighted by atomic mass is 35.5. The normalized spacial score (nSPS) is 11.5. The zero-order chi connectivity index (χ0) is 29.8. The third-order valence-corrected chi connectivity index (χ3v) is 8.48. The Hall–Kier alpha value is -3.85. The molecule has 0 aliphatic carbocycles. The molecule has 212 valence electrons. The Morgan fingerprint density at radius 2 is 1.37 bits per heavy atom. The van der Waals surface area contributed by atoms with Gasteiger partial charge < -0.3 is 10.6 Å². The largest absolute Gasteiger partial charge is 0.324 e. The smallest absolute Gasteiger partial charge is 0.264 e. The summed E-state index contributed by atoms with van der Waals surface area (Å²) in [5, 5.41) is 6.24. The molecule has 4 rings (SSSR count). The lowest BCUT2D eigenvalue weighted by atomic mass is 9.87. The SMILES string of the molecule is CC(C)(C)c1ccc(C(=O)Nc2cccc(NC(=O)CN(c3cccc(Cl)c3)S(=O)(=O)c3ccc(Cl)cc3)c2)cc1. The summed E-state index contributed by atoms with van der Waals surface area (Å²) in [5.41, 5.74) is 2.65. The number of benzene rings is 4. The number of halogens is 2. The molecule has 0 aliphatic heterocycles. The van der Waals surface area contributed by atoms with Crippen molar-refractivity contribution in [2.75, 3.05) is 21.5 Å². The molecule has 41 heavy (non-hydrogen) atoms. The molecule has 0 spiro atoms. The molecule has 0 radical (unpaired) electrons. The molecule has 7 nitrogen and oxygen atoms in total. The minimum absolute atomic E-state index is 0.0297. The number of sulfonamides is 1. The van der Waals surface area contributed by atoms with Crippen LogP contribution in [0.2, 0.25) is 10.0 Å². The summed E-state index contributed by atoms with van der Waals surface area (Å²) in [6.07, 6.45) is 0. The molecule has 0 bridgehead atoms. The highest BCUT2D eigenvalue weighted by Gasteiger charge is 2.27. The predicted octanol–water partition coefficient (Wildman–Crippen LogP) is 7.38. The predicted molar refractivity (Wildman–Crippen MR) is 166 cm³/mol. The number of amides is 2. The van der Waals surface area contributed by atoms with E-state index in [9.17, 15) is 18.0 Å². The second kappa shape index (κ2) is 12.3. The maximum atomic E-state index is 13.5. The highest BCUT2D eigenvalue weighted by Crippen LogP contribution is 2.27. The molecule has 0 saturated heterocycles. The molecule has 0 atom stereocenters. The Kier molecular flexibility index (Phi) is 9.07. The summed E-state index contributed by atoms with van der Waals surface area (Å²) < 4.78 is 28.1. The third kappa shape index (κ3) is 7.67. The van der Waals surface area contributed by atoms with Crippen LogP contribution in [0.4, 0.5) is 17.1 Å². The van der Waals surface area contributed by atoms with Gasteiger partial charge in [0, 0.05) is 27.0 Å². The third-order valence-electron chi connectivity index (χ3n) is 6.20. The van der Waals surface area contributed by atoms with Crippen LogP contribution in [0.25, 0.3) is 0 Å². The molecular formula is C31H29Cl2N3O4S. The first-order chi connectivity index (χ1) is 19.3. The Labute approximate surface area is 250 Å². The van der Waals surface area contributed by atoms with Crippen LogP contribution >= 0.6 is 23.2 Å². The van der Waals surface area contributed by atoms with E-state index in [-0.39, 0.29) is 21.9 Å². The summed E-state index contributed by atoms with van der Waals surface area (Å²) in [5.74, 6) is -0.890. The van der Waals surface area contributed by atoms with Crippen LogP contribution in [0.1, 0.15) is 36.7 Å². The highest BCUT2D eigenvalue weighted by molar-refractivity contribution is 7.92. The summed E-state index contributed by atoms with van der Waals surface area (Å²) in [6.45, 7) is 5.78. The number of hydrogen-bond donors (Lipinski definition) is 2. The fourth-order valence-electron chi connectivity index (χ4n) is 4.01. The van der Waals surface area contributed by atoms with E-state index in [2.05, 4.69) is 31.4 Å². The van der Waals surface area contributed by atoms with Crippen molar-refractivity contribution >= 4 is 62.1 Å². The van der Waals surface area contributed by atoms with E-state index in [0.29, 0.717) is 27.0 Å². The van der Waals surface area contributed by atoms with Crippen LogP contribution in [0.3, 0.4) is 0 Å². The van der Waals surface area contributed by atoms with E-state index in [0.717, 1.165) is 9.87 Å².